The largest absolute Gasteiger partial charge is 0.358 e. The molecule has 0 N–H and O–H groups in total. The van der Waals surface area contributed by atoms with Gasteiger partial charge in [-0.05, 0) is 18.6 Å². The second kappa shape index (κ2) is 10.4. The summed E-state index contributed by atoms with van der Waals surface area (Å²) in [4.78, 5) is 16.8. The molecule has 0 radical (unpaired) electrons. The lowest BCUT2D eigenvalue weighted by Gasteiger charge is -2.40. The topological polar surface area (TPSA) is 23.6 Å². The van der Waals surface area contributed by atoms with Gasteiger partial charge < -0.3 is 9.80 Å². The van der Waals surface area contributed by atoms with E-state index in [2.05, 4.69) is 36.1 Å². The number of likely N-dealkylation sites (N-methyl/N-ethyl adjacent to an activating group) is 1. The monoisotopic (exact) mass is 330 g/mol. The number of hydrogen-bond acceptors (Lipinski definition) is 2. The van der Waals surface area contributed by atoms with Crippen LogP contribution in [0.3, 0.4) is 0 Å². The lowest BCUT2D eigenvalue weighted by Crippen LogP contribution is -2.55. The minimum absolute atomic E-state index is 0.0197. The Hall–Kier alpha value is -1.51. The van der Waals surface area contributed by atoms with Crippen molar-refractivity contribution < 1.29 is 4.79 Å². The zero-order valence-corrected chi connectivity index (χ0v) is 15.5. The Morgan fingerprint density at radius 3 is 2.21 bits per heavy atom. The average molecular weight is 331 g/mol. The van der Waals surface area contributed by atoms with Crippen LogP contribution in [0.15, 0.2) is 30.3 Å². The van der Waals surface area contributed by atoms with Crippen LogP contribution in [0.2, 0.25) is 0 Å². The molecule has 1 aliphatic rings. The molecule has 0 aliphatic carbocycles. The summed E-state index contributed by atoms with van der Waals surface area (Å²) in [6.45, 7) is 4.02. The van der Waals surface area contributed by atoms with E-state index in [1.165, 1.54) is 50.6 Å². The van der Waals surface area contributed by atoms with Gasteiger partial charge in [-0.1, -0.05) is 76.5 Å². The highest BCUT2D eigenvalue weighted by Crippen LogP contribution is 2.24. The smallest absolute Gasteiger partial charge is 0.245 e. The van der Waals surface area contributed by atoms with Crippen LogP contribution in [0.25, 0.3) is 0 Å². The number of carbonyl (C=O) groups is 1. The Bertz CT molecular complexity index is 474. The summed E-state index contributed by atoms with van der Waals surface area (Å²) in [5, 5.41) is 0. The zero-order valence-electron chi connectivity index (χ0n) is 15.5. The lowest BCUT2D eigenvalue weighted by atomic mass is 10.0. The molecule has 1 amide bonds. The van der Waals surface area contributed by atoms with E-state index in [0.29, 0.717) is 0 Å². The molecule has 1 fully saturated rings. The summed E-state index contributed by atoms with van der Waals surface area (Å²) in [7, 11) is 1.94. The van der Waals surface area contributed by atoms with Crippen LogP contribution in [0.5, 0.6) is 0 Å². The maximum absolute atomic E-state index is 12.6. The fourth-order valence-electron chi connectivity index (χ4n) is 3.59. The normalized spacial score (nSPS) is 18.2. The Balaban J connectivity index is 1.79. The molecule has 1 aliphatic heterocycles. The lowest BCUT2D eigenvalue weighted by molar-refractivity contribution is -0.133. The third-order valence-electron chi connectivity index (χ3n) is 5.13. The average Bonchev–Trinajstić information content (AvgIpc) is 2.61. The Kier molecular flexibility index (Phi) is 8.14. The van der Waals surface area contributed by atoms with E-state index >= 15 is 0 Å². The molecular weight excluding hydrogens is 296 g/mol. The highest BCUT2D eigenvalue weighted by atomic mass is 16.2. The molecule has 1 aromatic carbocycles. The molecule has 1 saturated heterocycles. The Morgan fingerprint density at radius 1 is 0.917 bits per heavy atom. The van der Waals surface area contributed by atoms with Gasteiger partial charge in [-0.3, -0.25) is 4.79 Å². The number of benzene rings is 1. The van der Waals surface area contributed by atoms with Crippen LogP contribution >= 0.6 is 0 Å². The van der Waals surface area contributed by atoms with E-state index < -0.39 is 0 Å². The SMILES string of the molecule is CCCCCCCCCCC1C(=O)N(C)CCN1c1ccccc1. The standard InChI is InChI=1S/C21H34N2O/c1-3-4-5-6-7-8-9-13-16-20-21(24)22(2)17-18-23(20)19-14-11-10-12-15-19/h10-12,14-15,20H,3-9,13,16-18H2,1-2H3. The van der Waals surface area contributed by atoms with Gasteiger partial charge in [0.15, 0.2) is 0 Å². The zero-order chi connectivity index (χ0) is 17.2. The van der Waals surface area contributed by atoms with Gasteiger partial charge in [0.2, 0.25) is 5.91 Å². The van der Waals surface area contributed by atoms with Crippen LogP contribution in [-0.4, -0.2) is 37.0 Å². The minimum atomic E-state index is 0.0197. The first kappa shape index (κ1) is 18.8. The predicted molar refractivity (Wildman–Crippen MR) is 102 cm³/mol. The maximum atomic E-state index is 12.6. The number of carbonyl (C=O) groups excluding carboxylic acids is 1. The van der Waals surface area contributed by atoms with Gasteiger partial charge in [0.1, 0.15) is 6.04 Å². The molecule has 1 heterocycles. The molecule has 24 heavy (non-hydrogen) atoms. The number of para-hydroxylation sites is 1. The summed E-state index contributed by atoms with van der Waals surface area (Å²) in [5.41, 5.74) is 1.18. The molecule has 3 nitrogen and oxygen atoms in total. The number of unbranched alkanes of at least 4 members (excludes halogenated alkanes) is 7. The molecule has 1 aromatic rings. The first-order valence-corrected chi connectivity index (χ1v) is 9.80. The van der Waals surface area contributed by atoms with Crippen molar-refractivity contribution in [2.24, 2.45) is 0 Å². The van der Waals surface area contributed by atoms with Crippen LogP contribution < -0.4 is 4.90 Å². The quantitative estimate of drug-likeness (QED) is 0.572. The van der Waals surface area contributed by atoms with Gasteiger partial charge >= 0.3 is 0 Å². The predicted octanol–water partition coefficient (Wildman–Crippen LogP) is 4.86. The maximum Gasteiger partial charge on any atom is 0.245 e. The molecule has 3 heteroatoms. The van der Waals surface area contributed by atoms with Crippen molar-refractivity contribution in [3.05, 3.63) is 30.3 Å². The molecule has 1 unspecified atom stereocenters. The van der Waals surface area contributed by atoms with Gasteiger partial charge in [-0.15, -0.1) is 0 Å². The van der Waals surface area contributed by atoms with Crippen molar-refractivity contribution in [3.63, 3.8) is 0 Å². The second-order valence-electron chi connectivity index (χ2n) is 7.07. The van der Waals surface area contributed by atoms with Gasteiger partial charge in [-0.25, -0.2) is 0 Å². The number of amides is 1. The van der Waals surface area contributed by atoms with Crippen molar-refractivity contribution >= 4 is 11.6 Å². The number of hydrogen-bond donors (Lipinski definition) is 0. The molecule has 0 spiro atoms. The van der Waals surface area contributed by atoms with Gasteiger partial charge in [0.25, 0.3) is 0 Å². The highest BCUT2D eigenvalue weighted by Gasteiger charge is 2.32. The van der Waals surface area contributed by atoms with Crippen molar-refractivity contribution in [2.45, 2.75) is 70.8 Å². The highest BCUT2D eigenvalue weighted by molar-refractivity contribution is 5.86. The summed E-state index contributed by atoms with van der Waals surface area (Å²) in [6.07, 6.45) is 11.5. The van der Waals surface area contributed by atoms with E-state index in [-0.39, 0.29) is 11.9 Å². The fraction of sp³-hybridized carbons (Fsp3) is 0.667. The van der Waals surface area contributed by atoms with E-state index in [0.717, 1.165) is 25.9 Å². The van der Waals surface area contributed by atoms with Crippen molar-refractivity contribution in [2.75, 3.05) is 25.0 Å². The molecule has 0 saturated carbocycles. The van der Waals surface area contributed by atoms with E-state index in [1.54, 1.807) is 0 Å². The van der Waals surface area contributed by atoms with Crippen LogP contribution in [0.1, 0.15) is 64.7 Å². The minimum Gasteiger partial charge on any atom is -0.358 e. The molecule has 2 rings (SSSR count). The van der Waals surface area contributed by atoms with Crippen LogP contribution in [0, 0.1) is 0 Å². The van der Waals surface area contributed by atoms with Crippen molar-refractivity contribution in [1.29, 1.82) is 0 Å². The van der Waals surface area contributed by atoms with E-state index in [1.807, 2.05) is 18.0 Å². The van der Waals surface area contributed by atoms with Crippen LogP contribution in [-0.2, 0) is 4.79 Å². The number of rotatable bonds is 10. The molecule has 0 aromatic heterocycles. The van der Waals surface area contributed by atoms with Crippen molar-refractivity contribution in [1.82, 2.24) is 4.90 Å². The number of nitrogens with zero attached hydrogens (tertiary/aromatic N) is 2. The van der Waals surface area contributed by atoms with E-state index in [9.17, 15) is 4.79 Å². The summed E-state index contributed by atoms with van der Waals surface area (Å²) in [5.74, 6) is 0.285. The second-order valence-corrected chi connectivity index (χ2v) is 7.07. The molecule has 0 bridgehead atoms. The summed E-state index contributed by atoms with van der Waals surface area (Å²) in [6, 6.07) is 10.4. The number of piperazine rings is 1. The third-order valence-corrected chi connectivity index (χ3v) is 5.13. The fourth-order valence-corrected chi connectivity index (χ4v) is 3.59. The molecular formula is C21H34N2O. The van der Waals surface area contributed by atoms with Crippen LogP contribution in [0.4, 0.5) is 5.69 Å². The molecule has 134 valence electrons. The van der Waals surface area contributed by atoms with Gasteiger partial charge in [0.05, 0.1) is 0 Å². The van der Waals surface area contributed by atoms with Gasteiger partial charge in [0, 0.05) is 25.8 Å². The first-order valence-electron chi connectivity index (χ1n) is 9.80. The Labute approximate surface area is 148 Å². The summed E-state index contributed by atoms with van der Waals surface area (Å²) < 4.78 is 0. The summed E-state index contributed by atoms with van der Waals surface area (Å²) >= 11 is 0. The molecule has 1 atom stereocenters. The number of anilines is 1. The van der Waals surface area contributed by atoms with Crippen molar-refractivity contribution in [3.8, 4) is 0 Å². The third kappa shape index (κ3) is 5.54. The first-order chi connectivity index (χ1) is 11.7. The van der Waals surface area contributed by atoms with Gasteiger partial charge in [-0.2, -0.15) is 0 Å². The van der Waals surface area contributed by atoms with E-state index in [4.69, 9.17) is 0 Å². The Morgan fingerprint density at radius 2 is 1.54 bits per heavy atom.